The topological polar surface area (TPSA) is 21.7 Å². The van der Waals surface area contributed by atoms with Crippen LogP contribution < -0.4 is 4.90 Å². The van der Waals surface area contributed by atoms with Crippen molar-refractivity contribution in [1.82, 2.24) is 0 Å². The van der Waals surface area contributed by atoms with Crippen molar-refractivity contribution in [3.8, 4) is 0 Å². The van der Waals surface area contributed by atoms with E-state index in [2.05, 4.69) is 34.7 Å². The van der Waals surface area contributed by atoms with Crippen molar-refractivity contribution in [2.75, 3.05) is 31.2 Å². The molecule has 3 nitrogen and oxygen atoms in total. The molecule has 1 aromatic rings. The van der Waals surface area contributed by atoms with E-state index < -0.39 is 0 Å². The van der Waals surface area contributed by atoms with Crippen molar-refractivity contribution < 1.29 is 13.9 Å². The first-order chi connectivity index (χ1) is 12.2. The van der Waals surface area contributed by atoms with Gasteiger partial charge in [-0.25, -0.2) is 4.39 Å². The molecule has 1 aliphatic rings. The minimum absolute atomic E-state index is 0.118. The molecule has 0 N–H and O–H groups in total. The Kier molecular flexibility index (Phi) is 9.21. The molecular weight excluding hydrogens is 385 g/mol. The second kappa shape index (κ2) is 11.1. The summed E-state index contributed by atoms with van der Waals surface area (Å²) >= 11 is 3.28. The van der Waals surface area contributed by atoms with E-state index in [0.29, 0.717) is 16.1 Å². The molecule has 1 aromatic carbocycles. The van der Waals surface area contributed by atoms with Crippen molar-refractivity contribution in [3.63, 3.8) is 0 Å². The number of hydrogen-bond acceptors (Lipinski definition) is 3. The fraction of sp³-hybridized carbons (Fsp3) is 0.700. The Hall–Kier alpha value is -0.650. The van der Waals surface area contributed by atoms with Gasteiger partial charge >= 0.3 is 0 Å². The zero-order valence-electron chi connectivity index (χ0n) is 15.5. The number of unbranched alkanes of at least 4 members (excludes halogenated alkanes) is 2. The minimum atomic E-state index is -0.170. The highest BCUT2D eigenvalue weighted by Gasteiger charge is 2.29. The molecule has 1 saturated heterocycles. The first-order valence-electron chi connectivity index (χ1n) is 9.59. The molecule has 142 valence electrons. The number of rotatable bonds is 10. The molecule has 0 unspecified atom stereocenters. The van der Waals surface area contributed by atoms with Gasteiger partial charge in [-0.15, -0.1) is 0 Å². The quantitative estimate of drug-likeness (QED) is 0.357. The maximum atomic E-state index is 14.3. The zero-order valence-corrected chi connectivity index (χ0v) is 17.1. The summed E-state index contributed by atoms with van der Waals surface area (Å²) in [5, 5.41) is 0. The van der Waals surface area contributed by atoms with Gasteiger partial charge in [-0.3, -0.25) is 0 Å². The summed E-state index contributed by atoms with van der Waals surface area (Å²) in [7, 11) is 0. The third-order valence-corrected chi connectivity index (χ3v) is 5.37. The standard InChI is InChI=1S/C20H31BrFNO2/c1-3-5-14-24-20(25-15-6-4-2)16-10-12-23(13-11-16)18-9-7-8-17(21)19(18)22/h7-9,16,20H,3-6,10-15H2,1-2H3. The third kappa shape index (κ3) is 6.22. The Morgan fingerprint density at radius 1 is 1.12 bits per heavy atom. The van der Waals surface area contributed by atoms with Gasteiger partial charge in [0.05, 0.1) is 10.2 Å². The van der Waals surface area contributed by atoms with Crippen molar-refractivity contribution >= 4 is 21.6 Å². The first-order valence-corrected chi connectivity index (χ1v) is 10.4. The molecule has 1 aliphatic heterocycles. The number of piperidine rings is 1. The number of benzene rings is 1. The van der Waals surface area contributed by atoms with Crippen LogP contribution in [0, 0.1) is 11.7 Å². The summed E-state index contributed by atoms with van der Waals surface area (Å²) in [6.45, 7) is 7.52. The molecule has 5 heteroatoms. The second-order valence-electron chi connectivity index (χ2n) is 6.71. The van der Waals surface area contributed by atoms with Crippen LogP contribution in [-0.4, -0.2) is 32.6 Å². The summed E-state index contributed by atoms with van der Waals surface area (Å²) in [6, 6.07) is 5.48. The van der Waals surface area contributed by atoms with Gasteiger partial charge in [-0.2, -0.15) is 0 Å². The van der Waals surface area contributed by atoms with Gasteiger partial charge in [0, 0.05) is 32.2 Å². The highest BCUT2D eigenvalue weighted by Crippen LogP contribution is 2.31. The SMILES string of the molecule is CCCCOC(OCCCC)C1CCN(c2cccc(Br)c2F)CC1. The molecule has 1 fully saturated rings. The molecular formula is C20H31BrFNO2. The third-order valence-electron chi connectivity index (χ3n) is 4.76. The molecule has 0 atom stereocenters. The van der Waals surface area contributed by atoms with E-state index in [1.54, 1.807) is 6.07 Å². The fourth-order valence-electron chi connectivity index (χ4n) is 3.16. The van der Waals surface area contributed by atoms with Crippen LogP contribution in [0.4, 0.5) is 10.1 Å². The number of anilines is 1. The van der Waals surface area contributed by atoms with Crippen molar-refractivity contribution in [2.24, 2.45) is 5.92 Å². The molecule has 1 heterocycles. The first kappa shape index (κ1) is 20.7. The van der Waals surface area contributed by atoms with E-state index in [-0.39, 0.29) is 12.1 Å². The summed E-state index contributed by atoms with van der Waals surface area (Å²) in [5.74, 6) is 0.219. The number of halogens is 2. The monoisotopic (exact) mass is 415 g/mol. The lowest BCUT2D eigenvalue weighted by molar-refractivity contribution is -0.177. The van der Waals surface area contributed by atoms with Crippen LogP contribution in [0.15, 0.2) is 22.7 Å². The van der Waals surface area contributed by atoms with Crippen LogP contribution in [0.3, 0.4) is 0 Å². The summed E-state index contributed by atoms with van der Waals surface area (Å²) in [4.78, 5) is 2.13. The Morgan fingerprint density at radius 3 is 2.28 bits per heavy atom. The fourth-order valence-corrected chi connectivity index (χ4v) is 3.51. The van der Waals surface area contributed by atoms with Crippen LogP contribution in [0.25, 0.3) is 0 Å². The lowest BCUT2D eigenvalue weighted by Gasteiger charge is -2.37. The molecule has 2 rings (SSSR count). The smallest absolute Gasteiger partial charge is 0.160 e. The van der Waals surface area contributed by atoms with Crippen LogP contribution in [-0.2, 0) is 9.47 Å². The van der Waals surface area contributed by atoms with Gasteiger partial charge < -0.3 is 14.4 Å². The lowest BCUT2D eigenvalue weighted by atomic mass is 9.95. The number of hydrogen-bond donors (Lipinski definition) is 0. The van der Waals surface area contributed by atoms with E-state index >= 15 is 0 Å². The van der Waals surface area contributed by atoms with E-state index in [0.717, 1.165) is 64.8 Å². The Labute approximate surface area is 160 Å². The van der Waals surface area contributed by atoms with Crippen LogP contribution in [0.2, 0.25) is 0 Å². The van der Waals surface area contributed by atoms with E-state index in [4.69, 9.17) is 9.47 Å². The molecule has 25 heavy (non-hydrogen) atoms. The average molecular weight is 416 g/mol. The van der Waals surface area contributed by atoms with Gasteiger partial charge in [0.1, 0.15) is 0 Å². The van der Waals surface area contributed by atoms with Gasteiger partial charge in [0.2, 0.25) is 0 Å². The molecule has 0 radical (unpaired) electrons. The molecule has 0 bridgehead atoms. The average Bonchev–Trinajstić information content (AvgIpc) is 2.63. The summed E-state index contributed by atoms with van der Waals surface area (Å²) in [6.07, 6.45) is 6.20. The predicted octanol–water partition coefficient (Wildman–Crippen LogP) is 5.76. The van der Waals surface area contributed by atoms with Crippen LogP contribution in [0.5, 0.6) is 0 Å². The number of nitrogens with zero attached hydrogens (tertiary/aromatic N) is 1. The Morgan fingerprint density at radius 2 is 1.72 bits per heavy atom. The van der Waals surface area contributed by atoms with Gasteiger partial charge in [-0.05, 0) is 53.7 Å². The van der Waals surface area contributed by atoms with Crippen molar-refractivity contribution in [3.05, 3.63) is 28.5 Å². The van der Waals surface area contributed by atoms with Crippen LogP contribution >= 0.6 is 15.9 Å². The van der Waals surface area contributed by atoms with E-state index in [1.165, 1.54) is 0 Å². The Balaban J connectivity index is 1.91. The van der Waals surface area contributed by atoms with E-state index in [1.807, 2.05) is 12.1 Å². The summed E-state index contributed by atoms with van der Waals surface area (Å²) in [5.41, 5.74) is 0.683. The molecule has 0 saturated carbocycles. The minimum Gasteiger partial charge on any atom is -0.369 e. The van der Waals surface area contributed by atoms with Crippen LogP contribution in [0.1, 0.15) is 52.4 Å². The largest absolute Gasteiger partial charge is 0.369 e. The Bertz CT molecular complexity index is 496. The molecule has 0 aromatic heterocycles. The molecule has 0 spiro atoms. The molecule has 0 amide bonds. The maximum absolute atomic E-state index is 14.3. The highest BCUT2D eigenvalue weighted by atomic mass is 79.9. The van der Waals surface area contributed by atoms with Gasteiger partial charge in [-0.1, -0.05) is 32.8 Å². The number of ether oxygens (including phenoxy) is 2. The van der Waals surface area contributed by atoms with Gasteiger partial charge in [0.25, 0.3) is 0 Å². The van der Waals surface area contributed by atoms with E-state index in [9.17, 15) is 4.39 Å². The summed E-state index contributed by atoms with van der Waals surface area (Å²) < 4.78 is 26.9. The highest BCUT2D eigenvalue weighted by molar-refractivity contribution is 9.10. The molecule has 0 aliphatic carbocycles. The second-order valence-corrected chi connectivity index (χ2v) is 7.57. The van der Waals surface area contributed by atoms with Crippen molar-refractivity contribution in [1.29, 1.82) is 0 Å². The maximum Gasteiger partial charge on any atom is 0.160 e. The van der Waals surface area contributed by atoms with Gasteiger partial charge in [0.15, 0.2) is 12.1 Å². The van der Waals surface area contributed by atoms with Crippen molar-refractivity contribution in [2.45, 2.75) is 58.7 Å². The lowest BCUT2D eigenvalue weighted by Crippen LogP contribution is -2.40. The zero-order chi connectivity index (χ0) is 18.1. The predicted molar refractivity (Wildman–Crippen MR) is 105 cm³/mol. The normalized spacial score (nSPS) is 16.0.